The lowest BCUT2D eigenvalue weighted by Gasteiger charge is -2.13. The van der Waals surface area contributed by atoms with E-state index in [0.29, 0.717) is 11.8 Å². The Balaban J connectivity index is 1.78. The first kappa shape index (κ1) is 13.7. The van der Waals surface area contributed by atoms with Gasteiger partial charge in [-0.25, -0.2) is 0 Å². The highest BCUT2D eigenvalue weighted by Gasteiger charge is 2.12. The lowest BCUT2D eigenvalue weighted by atomic mass is 9.94. The maximum Gasteiger partial charge on any atom is 0.0345 e. The lowest BCUT2D eigenvalue weighted by Crippen LogP contribution is -2.09. The molecule has 0 aliphatic rings. The molecule has 0 spiro atoms. The zero-order valence-corrected chi connectivity index (χ0v) is 12.8. The molecular formula is C18H17ClS. The topological polar surface area (TPSA) is 0 Å². The summed E-state index contributed by atoms with van der Waals surface area (Å²) in [6.07, 6.45) is 2.11. The minimum absolute atomic E-state index is 0.497. The molecule has 0 aliphatic heterocycles. The summed E-state index contributed by atoms with van der Waals surface area (Å²) in [5.41, 5.74) is 2.81. The van der Waals surface area contributed by atoms with Gasteiger partial charge in [-0.15, -0.1) is 22.9 Å². The second-order valence-electron chi connectivity index (χ2n) is 5.17. The summed E-state index contributed by atoms with van der Waals surface area (Å²) in [5, 5.41) is 3.68. The van der Waals surface area contributed by atoms with Crippen LogP contribution in [-0.2, 0) is 12.8 Å². The zero-order chi connectivity index (χ0) is 13.8. The van der Waals surface area contributed by atoms with Gasteiger partial charge in [0.1, 0.15) is 0 Å². The van der Waals surface area contributed by atoms with E-state index in [-0.39, 0.29) is 0 Å². The van der Waals surface area contributed by atoms with Crippen LogP contribution in [-0.4, -0.2) is 5.88 Å². The Kier molecular flexibility index (Phi) is 4.39. The van der Waals surface area contributed by atoms with Crippen molar-refractivity contribution in [1.29, 1.82) is 0 Å². The highest BCUT2D eigenvalue weighted by molar-refractivity contribution is 7.17. The molecule has 2 aromatic carbocycles. The Morgan fingerprint density at radius 2 is 1.65 bits per heavy atom. The monoisotopic (exact) mass is 300 g/mol. The molecule has 20 heavy (non-hydrogen) atoms. The first-order valence-corrected chi connectivity index (χ1v) is 8.33. The van der Waals surface area contributed by atoms with E-state index in [1.807, 2.05) is 11.3 Å². The molecule has 1 aromatic heterocycles. The molecule has 3 aromatic rings. The number of hydrogen-bond donors (Lipinski definition) is 0. The van der Waals surface area contributed by atoms with Crippen LogP contribution in [0.15, 0.2) is 60.0 Å². The fourth-order valence-electron chi connectivity index (χ4n) is 2.63. The third kappa shape index (κ3) is 3.05. The molecule has 1 heterocycles. The number of fused-ring (bicyclic) bond motifs is 1. The molecule has 0 nitrogen and oxygen atoms in total. The van der Waals surface area contributed by atoms with E-state index in [4.69, 9.17) is 11.6 Å². The first-order chi connectivity index (χ1) is 9.86. The lowest BCUT2D eigenvalue weighted by molar-refractivity contribution is 0.587. The van der Waals surface area contributed by atoms with Gasteiger partial charge in [0.05, 0.1) is 0 Å². The van der Waals surface area contributed by atoms with Gasteiger partial charge in [0.25, 0.3) is 0 Å². The molecule has 3 rings (SSSR count). The number of thiophene rings is 1. The number of hydrogen-bond acceptors (Lipinski definition) is 1. The molecule has 0 aliphatic carbocycles. The van der Waals surface area contributed by atoms with Crippen molar-refractivity contribution >= 4 is 33.0 Å². The summed E-state index contributed by atoms with van der Waals surface area (Å²) in [7, 11) is 0. The van der Waals surface area contributed by atoms with Crippen molar-refractivity contribution in [2.45, 2.75) is 12.8 Å². The van der Waals surface area contributed by atoms with Gasteiger partial charge in [0.15, 0.2) is 0 Å². The van der Waals surface area contributed by atoms with E-state index < -0.39 is 0 Å². The standard InChI is InChI=1S/C18H17ClS/c19-12-15(10-14-6-2-1-3-7-14)11-16-13-20-18-9-5-4-8-17(16)18/h1-9,13,15H,10-12H2. The van der Waals surface area contributed by atoms with Gasteiger partial charge in [-0.3, -0.25) is 0 Å². The van der Waals surface area contributed by atoms with Gasteiger partial charge in [-0.05, 0) is 46.7 Å². The second-order valence-corrected chi connectivity index (χ2v) is 6.39. The van der Waals surface area contributed by atoms with Gasteiger partial charge in [0.2, 0.25) is 0 Å². The van der Waals surface area contributed by atoms with Crippen molar-refractivity contribution in [2.75, 3.05) is 5.88 Å². The second kappa shape index (κ2) is 6.43. The van der Waals surface area contributed by atoms with E-state index in [1.165, 1.54) is 21.2 Å². The molecule has 0 bridgehead atoms. The van der Waals surface area contributed by atoms with Crippen molar-refractivity contribution in [3.8, 4) is 0 Å². The summed E-state index contributed by atoms with van der Waals surface area (Å²) < 4.78 is 1.37. The number of alkyl halides is 1. The maximum absolute atomic E-state index is 6.19. The van der Waals surface area contributed by atoms with Crippen LogP contribution >= 0.6 is 22.9 Å². The van der Waals surface area contributed by atoms with E-state index >= 15 is 0 Å². The highest BCUT2D eigenvalue weighted by Crippen LogP contribution is 2.28. The van der Waals surface area contributed by atoms with E-state index in [0.717, 1.165) is 12.8 Å². The minimum Gasteiger partial charge on any atom is -0.144 e. The normalized spacial score (nSPS) is 12.7. The molecule has 1 unspecified atom stereocenters. The summed E-state index contributed by atoms with van der Waals surface area (Å²) >= 11 is 8.02. The van der Waals surface area contributed by atoms with Crippen molar-refractivity contribution in [1.82, 2.24) is 0 Å². The molecule has 0 N–H and O–H groups in total. The molecule has 0 fully saturated rings. The van der Waals surface area contributed by atoms with Gasteiger partial charge in [-0.1, -0.05) is 48.5 Å². The van der Waals surface area contributed by atoms with Crippen LogP contribution in [0.5, 0.6) is 0 Å². The van der Waals surface area contributed by atoms with Crippen LogP contribution in [0.4, 0.5) is 0 Å². The smallest absolute Gasteiger partial charge is 0.0345 e. The number of benzene rings is 2. The molecular weight excluding hydrogens is 284 g/mol. The summed E-state index contributed by atoms with van der Waals surface area (Å²) in [6.45, 7) is 0. The fourth-order valence-corrected chi connectivity index (χ4v) is 3.82. The van der Waals surface area contributed by atoms with E-state index in [2.05, 4.69) is 60.0 Å². The average molecular weight is 301 g/mol. The Labute approximate surface area is 129 Å². The fraction of sp³-hybridized carbons (Fsp3) is 0.222. The molecule has 0 saturated heterocycles. The summed E-state index contributed by atoms with van der Waals surface area (Å²) in [4.78, 5) is 0. The van der Waals surface area contributed by atoms with Crippen molar-refractivity contribution < 1.29 is 0 Å². The third-order valence-corrected chi connectivity index (χ3v) is 5.10. The Morgan fingerprint density at radius 3 is 2.45 bits per heavy atom. The molecule has 0 radical (unpaired) electrons. The predicted molar refractivity (Wildman–Crippen MR) is 89.9 cm³/mol. The maximum atomic E-state index is 6.19. The summed E-state index contributed by atoms with van der Waals surface area (Å²) in [5.74, 6) is 1.20. The summed E-state index contributed by atoms with van der Waals surface area (Å²) in [6, 6.07) is 19.3. The van der Waals surface area contributed by atoms with Crippen molar-refractivity contribution in [2.24, 2.45) is 5.92 Å². The molecule has 2 heteroatoms. The van der Waals surface area contributed by atoms with Gasteiger partial charge in [-0.2, -0.15) is 0 Å². The van der Waals surface area contributed by atoms with Crippen LogP contribution in [0.2, 0.25) is 0 Å². The first-order valence-electron chi connectivity index (χ1n) is 6.92. The molecule has 0 amide bonds. The largest absolute Gasteiger partial charge is 0.144 e. The highest BCUT2D eigenvalue weighted by atomic mass is 35.5. The van der Waals surface area contributed by atoms with Gasteiger partial charge < -0.3 is 0 Å². The van der Waals surface area contributed by atoms with Gasteiger partial charge in [0, 0.05) is 10.6 Å². The predicted octanol–water partition coefficient (Wildman–Crippen LogP) is 5.54. The van der Waals surface area contributed by atoms with Crippen LogP contribution < -0.4 is 0 Å². The average Bonchev–Trinajstić information content (AvgIpc) is 2.91. The van der Waals surface area contributed by atoms with Crippen molar-refractivity contribution in [3.05, 3.63) is 71.1 Å². The number of rotatable bonds is 5. The Bertz CT molecular complexity index is 672. The van der Waals surface area contributed by atoms with Crippen LogP contribution in [0.1, 0.15) is 11.1 Å². The molecule has 1 atom stereocenters. The van der Waals surface area contributed by atoms with Crippen molar-refractivity contribution in [3.63, 3.8) is 0 Å². The third-order valence-electron chi connectivity index (χ3n) is 3.66. The van der Waals surface area contributed by atoms with E-state index in [9.17, 15) is 0 Å². The minimum atomic E-state index is 0.497. The molecule has 102 valence electrons. The van der Waals surface area contributed by atoms with Crippen LogP contribution in [0.25, 0.3) is 10.1 Å². The van der Waals surface area contributed by atoms with Gasteiger partial charge >= 0.3 is 0 Å². The zero-order valence-electron chi connectivity index (χ0n) is 11.3. The Morgan fingerprint density at radius 1 is 0.900 bits per heavy atom. The Hall–Kier alpha value is -1.31. The SMILES string of the molecule is ClCC(Cc1ccccc1)Cc1csc2ccccc12. The number of halogens is 1. The quantitative estimate of drug-likeness (QED) is 0.543. The molecule has 0 saturated carbocycles. The van der Waals surface area contributed by atoms with Crippen LogP contribution in [0, 0.1) is 5.92 Å². The van der Waals surface area contributed by atoms with E-state index in [1.54, 1.807) is 0 Å². The van der Waals surface area contributed by atoms with Crippen LogP contribution in [0.3, 0.4) is 0 Å².